The number of aromatic nitrogens is 1. The van der Waals surface area contributed by atoms with Crippen LogP contribution in [0, 0.1) is 0 Å². The van der Waals surface area contributed by atoms with E-state index in [0.29, 0.717) is 15.7 Å². The normalized spacial score (nSPS) is 11.5. The topological polar surface area (TPSA) is 37.3 Å². The highest BCUT2D eigenvalue weighted by atomic mass is 35.5. The molecule has 0 radical (unpaired) electrons. The van der Waals surface area contributed by atoms with E-state index < -0.39 is 0 Å². The maximum absolute atomic E-state index is 6.11. The Balaban J connectivity index is 1.79. The van der Waals surface area contributed by atoms with E-state index in [4.69, 9.17) is 23.2 Å². The first kappa shape index (κ1) is 16.0. The minimum absolute atomic E-state index is 0.564. The predicted octanol–water partition coefficient (Wildman–Crippen LogP) is 5.95. The SMILES string of the molecule is CC(=NNc1cc(Cl)ccc1Cl)c1csc(-c2ccccc2)n1. The lowest BCUT2D eigenvalue weighted by molar-refractivity contribution is 1.29. The maximum Gasteiger partial charge on any atom is 0.124 e. The molecule has 0 aliphatic rings. The fourth-order valence-electron chi connectivity index (χ4n) is 1.94. The second-order valence-corrected chi connectivity index (χ2v) is 6.54. The molecule has 0 atom stereocenters. The molecule has 0 spiro atoms. The van der Waals surface area contributed by atoms with Gasteiger partial charge < -0.3 is 0 Å². The number of halogens is 2. The summed E-state index contributed by atoms with van der Waals surface area (Å²) in [6, 6.07) is 15.3. The van der Waals surface area contributed by atoms with E-state index in [1.54, 1.807) is 29.5 Å². The Bertz CT molecular complexity index is 844. The number of nitrogens with one attached hydrogen (secondary N) is 1. The Labute approximate surface area is 148 Å². The molecule has 0 amide bonds. The molecule has 6 heteroatoms. The second-order valence-electron chi connectivity index (χ2n) is 4.84. The predicted molar refractivity (Wildman–Crippen MR) is 99.8 cm³/mol. The number of anilines is 1. The monoisotopic (exact) mass is 361 g/mol. The zero-order valence-corrected chi connectivity index (χ0v) is 14.6. The van der Waals surface area contributed by atoms with Crippen LogP contribution in [0.4, 0.5) is 5.69 Å². The molecule has 0 unspecified atom stereocenters. The van der Waals surface area contributed by atoms with Gasteiger partial charge in [-0.05, 0) is 25.1 Å². The zero-order valence-electron chi connectivity index (χ0n) is 12.3. The van der Waals surface area contributed by atoms with Gasteiger partial charge in [0.1, 0.15) is 5.01 Å². The van der Waals surface area contributed by atoms with Crippen LogP contribution in [0.1, 0.15) is 12.6 Å². The highest BCUT2D eigenvalue weighted by molar-refractivity contribution is 7.13. The molecule has 1 N–H and O–H groups in total. The highest BCUT2D eigenvalue weighted by Crippen LogP contribution is 2.26. The summed E-state index contributed by atoms with van der Waals surface area (Å²) in [5, 5.41) is 8.46. The first-order valence-electron chi connectivity index (χ1n) is 6.90. The van der Waals surface area contributed by atoms with Crippen LogP contribution >= 0.6 is 34.5 Å². The molecule has 0 aliphatic heterocycles. The third kappa shape index (κ3) is 3.91. The van der Waals surface area contributed by atoms with Crippen molar-refractivity contribution in [1.82, 2.24) is 4.98 Å². The maximum atomic E-state index is 6.11. The summed E-state index contributed by atoms with van der Waals surface area (Å²) in [5.74, 6) is 0. The van der Waals surface area contributed by atoms with Crippen molar-refractivity contribution in [3.8, 4) is 10.6 Å². The van der Waals surface area contributed by atoms with Gasteiger partial charge in [0, 0.05) is 16.0 Å². The van der Waals surface area contributed by atoms with Crippen LogP contribution in [-0.2, 0) is 0 Å². The summed E-state index contributed by atoms with van der Waals surface area (Å²) in [4.78, 5) is 4.62. The van der Waals surface area contributed by atoms with Crippen LogP contribution in [0.15, 0.2) is 59.0 Å². The largest absolute Gasteiger partial charge is 0.277 e. The molecule has 0 saturated carbocycles. The van der Waals surface area contributed by atoms with Crippen LogP contribution in [0.2, 0.25) is 10.0 Å². The van der Waals surface area contributed by atoms with E-state index in [2.05, 4.69) is 15.5 Å². The van der Waals surface area contributed by atoms with Crippen molar-refractivity contribution in [2.45, 2.75) is 6.92 Å². The molecule has 116 valence electrons. The van der Waals surface area contributed by atoms with Crippen LogP contribution in [0.5, 0.6) is 0 Å². The number of rotatable bonds is 4. The molecule has 23 heavy (non-hydrogen) atoms. The summed E-state index contributed by atoms with van der Waals surface area (Å²) in [5.41, 5.74) is 6.31. The summed E-state index contributed by atoms with van der Waals surface area (Å²) in [6.07, 6.45) is 0. The van der Waals surface area contributed by atoms with E-state index in [9.17, 15) is 0 Å². The van der Waals surface area contributed by atoms with Crippen molar-refractivity contribution < 1.29 is 0 Å². The Morgan fingerprint density at radius 3 is 2.70 bits per heavy atom. The first-order chi connectivity index (χ1) is 11.1. The van der Waals surface area contributed by atoms with Gasteiger partial charge in [-0.15, -0.1) is 11.3 Å². The first-order valence-corrected chi connectivity index (χ1v) is 8.54. The molecular formula is C17H13Cl2N3S. The average Bonchev–Trinajstić information content (AvgIpc) is 3.06. The Kier molecular flexibility index (Phi) is 4.96. The molecule has 0 fully saturated rings. The van der Waals surface area contributed by atoms with Crippen molar-refractivity contribution in [2.24, 2.45) is 5.10 Å². The van der Waals surface area contributed by atoms with Crippen LogP contribution in [-0.4, -0.2) is 10.7 Å². The van der Waals surface area contributed by atoms with E-state index in [-0.39, 0.29) is 0 Å². The average molecular weight is 362 g/mol. The summed E-state index contributed by atoms with van der Waals surface area (Å²) in [6.45, 7) is 1.90. The van der Waals surface area contributed by atoms with Gasteiger partial charge in [-0.2, -0.15) is 5.10 Å². The number of nitrogens with zero attached hydrogens (tertiary/aromatic N) is 2. The standard InChI is InChI=1S/C17H13Cl2N3S/c1-11(21-22-15-9-13(18)7-8-14(15)19)16-10-23-17(20-16)12-5-3-2-4-6-12/h2-10,22H,1H3. The number of thiazole rings is 1. The van der Waals surface area contributed by atoms with E-state index in [1.807, 2.05) is 42.6 Å². The van der Waals surface area contributed by atoms with Crippen molar-refractivity contribution >= 4 is 45.9 Å². The number of hydrogen-bond donors (Lipinski definition) is 1. The van der Waals surface area contributed by atoms with Gasteiger partial charge in [-0.25, -0.2) is 4.98 Å². The molecular weight excluding hydrogens is 349 g/mol. The zero-order chi connectivity index (χ0) is 16.2. The van der Waals surface area contributed by atoms with Gasteiger partial charge in [-0.1, -0.05) is 53.5 Å². The molecule has 3 nitrogen and oxygen atoms in total. The van der Waals surface area contributed by atoms with Gasteiger partial charge in [0.05, 0.1) is 22.1 Å². The van der Waals surface area contributed by atoms with Crippen molar-refractivity contribution in [1.29, 1.82) is 0 Å². The van der Waals surface area contributed by atoms with E-state index in [0.717, 1.165) is 22.0 Å². The molecule has 3 rings (SSSR count). The fraction of sp³-hybridized carbons (Fsp3) is 0.0588. The third-order valence-corrected chi connectivity index (χ3v) is 4.62. The summed E-state index contributed by atoms with van der Waals surface area (Å²) < 4.78 is 0. The molecule has 0 saturated heterocycles. The smallest absolute Gasteiger partial charge is 0.124 e. The molecule has 0 aliphatic carbocycles. The number of benzene rings is 2. The minimum atomic E-state index is 0.564. The summed E-state index contributed by atoms with van der Waals surface area (Å²) in [7, 11) is 0. The van der Waals surface area contributed by atoms with Crippen molar-refractivity contribution in [2.75, 3.05) is 5.43 Å². The molecule has 2 aromatic carbocycles. The third-order valence-electron chi connectivity index (χ3n) is 3.17. The van der Waals surface area contributed by atoms with Crippen molar-refractivity contribution in [3.05, 3.63) is 69.7 Å². The minimum Gasteiger partial charge on any atom is -0.277 e. The molecule has 1 aromatic heterocycles. The van der Waals surface area contributed by atoms with Crippen molar-refractivity contribution in [3.63, 3.8) is 0 Å². The Morgan fingerprint density at radius 1 is 1.13 bits per heavy atom. The van der Waals surface area contributed by atoms with E-state index >= 15 is 0 Å². The van der Waals surface area contributed by atoms with Crippen LogP contribution < -0.4 is 5.43 Å². The van der Waals surface area contributed by atoms with Gasteiger partial charge in [0.2, 0.25) is 0 Å². The van der Waals surface area contributed by atoms with E-state index in [1.165, 1.54) is 0 Å². The fourth-order valence-corrected chi connectivity index (χ4v) is 3.14. The van der Waals surface area contributed by atoms with Gasteiger partial charge >= 0.3 is 0 Å². The number of hydrogen-bond acceptors (Lipinski definition) is 4. The Morgan fingerprint density at radius 2 is 1.91 bits per heavy atom. The quantitative estimate of drug-likeness (QED) is 0.460. The highest BCUT2D eigenvalue weighted by Gasteiger charge is 2.07. The molecule has 3 aromatic rings. The van der Waals surface area contributed by atoms with Gasteiger partial charge in [-0.3, -0.25) is 5.43 Å². The lowest BCUT2D eigenvalue weighted by Gasteiger charge is -2.04. The summed E-state index contributed by atoms with van der Waals surface area (Å²) >= 11 is 13.7. The molecule has 1 heterocycles. The second kappa shape index (κ2) is 7.13. The lowest BCUT2D eigenvalue weighted by atomic mass is 10.2. The number of hydrazone groups is 1. The van der Waals surface area contributed by atoms with Crippen LogP contribution in [0.3, 0.4) is 0 Å². The van der Waals surface area contributed by atoms with Gasteiger partial charge in [0.25, 0.3) is 0 Å². The molecule has 0 bridgehead atoms. The van der Waals surface area contributed by atoms with Crippen LogP contribution in [0.25, 0.3) is 10.6 Å². The lowest BCUT2D eigenvalue weighted by Crippen LogP contribution is -2.00. The van der Waals surface area contributed by atoms with Gasteiger partial charge in [0.15, 0.2) is 0 Å². The Hall–Kier alpha value is -1.88.